The van der Waals surface area contributed by atoms with Gasteiger partial charge in [0.1, 0.15) is 6.04 Å². The van der Waals surface area contributed by atoms with E-state index in [9.17, 15) is 24.8 Å². The minimum absolute atomic E-state index is 0.0510. The number of nitrogens with zero attached hydrogens (tertiary/aromatic N) is 1. The van der Waals surface area contributed by atoms with Crippen molar-refractivity contribution in [2.24, 2.45) is 5.41 Å². The number of phenolic OH excluding ortho intramolecular Hbond substituents is 1. The van der Waals surface area contributed by atoms with E-state index in [1.807, 2.05) is 20.8 Å². The fourth-order valence-electron chi connectivity index (χ4n) is 1.98. The molecule has 0 heterocycles. The molecule has 1 rings (SSSR count). The first-order valence-electron chi connectivity index (χ1n) is 8.09. The molecule has 26 heavy (non-hydrogen) atoms. The molecule has 0 aliphatic heterocycles. The van der Waals surface area contributed by atoms with Crippen molar-refractivity contribution < 1.29 is 29.1 Å². The maximum absolute atomic E-state index is 12.1. The number of ether oxygens (including phenoxy) is 2. The Morgan fingerprint density at radius 3 is 2.50 bits per heavy atom. The summed E-state index contributed by atoms with van der Waals surface area (Å²) < 4.78 is 10.0. The Morgan fingerprint density at radius 1 is 1.31 bits per heavy atom. The van der Waals surface area contributed by atoms with Gasteiger partial charge in [-0.05, 0) is 24.0 Å². The van der Waals surface area contributed by atoms with Crippen molar-refractivity contribution in [1.29, 1.82) is 0 Å². The van der Waals surface area contributed by atoms with Crippen LogP contribution in [0.3, 0.4) is 0 Å². The first-order chi connectivity index (χ1) is 12.0. The minimum Gasteiger partial charge on any atom is -0.502 e. The van der Waals surface area contributed by atoms with E-state index < -0.39 is 34.5 Å². The van der Waals surface area contributed by atoms with E-state index >= 15 is 0 Å². The molecule has 0 radical (unpaired) electrons. The average Bonchev–Trinajstić information content (AvgIpc) is 2.53. The van der Waals surface area contributed by atoms with Crippen LogP contribution in [0.5, 0.6) is 5.75 Å². The van der Waals surface area contributed by atoms with Gasteiger partial charge in [0.2, 0.25) is 0 Å². The number of nitrogens with one attached hydrogen (secondary N) is 1. The summed E-state index contributed by atoms with van der Waals surface area (Å²) in [5.41, 5.74) is -0.349. The third-order valence-electron chi connectivity index (χ3n) is 3.18. The second kappa shape index (κ2) is 9.02. The molecule has 9 nitrogen and oxygen atoms in total. The summed E-state index contributed by atoms with van der Waals surface area (Å²) in [4.78, 5) is 34.2. The van der Waals surface area contributed by atoms with E-state index in [1.165, 1.54) is 6.07 Å². The second-order valence-electron chi connectivity index (χ2n) is 6.87. The highest BCUT2D eigenvalue weighted by atomic mass is 16.6. The summed E-state index contributed by atoms with van der Waals surface area (Å²) in [5, 5.41) is 22.8. The van der Waals surface area contributed by atoms with Crippen LogP contribution in [0, 0.1) is 15.5 Å². The summed E-state index contributed by atoms with van der Waals surface area (Å²) in [5.74, 6) is -1.17. The number of carbonyl (C=O) groups is 2. The molecular formula is C17H24N2O7. The van der Waals surface area contributed by atoms with Crippen molar-refractivity contribution in [2.75, 3.05) is 13.2 Å². The highest BCUT2D eigenvalue weighted by molar-refractivity contribution is 5.81. The molecule has 0 spiro atoms. The van der Waals surface area contributed by atoms with E-state index in [-0.39, 0.29) is 25.0 Å². The number of hydrogen-bond donors (Lipinski definition) is 2. The Labute approximate surface area is 151 Å². The van der Waals surface area contributed by atoms with Crippen LogP contribution < -0.4 is 5.32 Å². The molecule has 0 aliphatic carbocycles. The lowest BCUT2D eigenvalue weighted by Gasteiger charge is -2.21. The van der Waals surface area contributed by atoms with Gasteiger partial charge < -0.3 is 19.9 Å². The zero-order valence-corrected chi connectivity index (χ0v) is 15.3. The van der Waals surface area contributed by atoms with Crippen LogP contribution in [0.2, 0.25) is 0 Å². The summed E-state index contributed by atoms with van der Waals surface area (Å²) in [6.07, 6.45) is -0.837. The van der Waals surface area contributed by atoms with Gasteiger partial charge in [-0.15, -0.1) is 0 Å². The minimum atomic E-state index is -1.08. The van der Waals surface area contributed by atoms with Crippen LogP contribution in [-0.4, -0.2) is 41.3 Å². The Kier molecular flexibility index (Phi) is 7.36. The van der Waals surface area contributed by atoms with Gasteiger partial charge in [0.05, 0.1) is 18.1 Å². The Balaban J connectivity index is 2.90. The fraction of sp³-hybridized carbons (Fsp3) is 0.529. The van der Waals surface area contributed by atoms with E-state index in [4.69, 9.17) is 9.47 Å². The standard InChI is InChI=1S/C17H24N2O7/c1-5-25-15(21)12(18-16(22)26-10-17(2,3)4)8-11-6-7-14(20)13(9-11)19(23)24/h6-7,9,12,20H,5,8,10H2,1-4H3,(H,18,22)/t12-/m0/s1. The number of rotatable bonds is 7. The molecular weight excluding hydrogens is 344 g/mol. The topological polar surface area (TPSA) is 128 Å². The largest absolute Gasteiger partial charge is 0.502 e. The predicted octanol–water partition coefficient (Wildman–Crippen LogP) is 2.55. The normalized spacial score (nSPS) is 12.2. The van der Waals surface area contributed by atoms with Crippen molar-refractivity contribution in [3.63, 3.8) is 0 Å². The molecule has 1 aromatic rings. The first-order valence-corrected chi connectivity index (χ1v) is 8.09. The van der Waals surface area contributed by atoms with Gasteiger partial charge in [0, 0.05) is 12.5 Å². The molecule has 1 aromatic carbocycles. The van der Waals surface area contributed by atoms with Gasteiger partial charge in [0.25, 0.3) is 0 Å². The number of phenols is 1. The third-order valence-corrected chi connectivity index (χ3v) is 3.18. The molecule has 9 heteroatoms. The summed E-state index contributed by atoms with van der Waals surface area (Å²) in [7, 11) is 0. The van der Waals surface area contributed by atoms with Crippen LogP contribution in [0.15, 0.2) is 18.2 Å². The fourth-order valence-corrected chi connectivity index (χ4v) is 1.98. The zero-order chi connectivity index (χ0) is 19.9. The second-order valence-corrected chi connectivity index (χ2v) is 6.87. The van der Waals surface area contributed by atoms with Crippen LogP contribution in [0.1, 0.15) is 33.3 Å². The van der Waals surface area contributed by atoms with Gasteiger partial charge in [-0.1, -0.05) is 26.8 Å². The number of carbonyl (C=O) groups excluding carboxylic acids is 2. The molecule has 2 N–H and O–H groups in total. The van der Waals surface area contributed by atoms with Gasteiger partial charge in [-0.2, -0.15) is 0 Å². The lowest BCUT2D eigenvalue weighted by Crippen LogP contribution is -2.44. The monoisotopic (exact) mass is 368 g/mol. The molecule has 1 atom stereocenters. The zero-order valence-electron chi connectivity index (χ0n) is 15.3. The molecule has 0 unspecified atom stereocenters. The van der Waals surface area contributed by atoms with Crippen LogP contribution >= 0.6 is 0 Å². The van der Waals surface area contributed by atoms with Crippen molar-refractivity contribution in [1.82, 2.24) is 5.32 Å². The summed E-state index contributed by atoms with van der Waals surface area (Å²) in [6, 6.07) is 2.65. The quantitative estimate of drug-likeness (QED) is 0.430. The smallest absolute Gasteiger partial charge is 0.407 e. The van der Waals surface area contributed by atoms with Gasteiger partial charge in [0.15, 0.2) is 5.75 Å². The van der Waals surface area contributed by atoms with Crippen molar-refractivity contribution in [2.45, 2.75) is 40.2 Å². The molecule has 0 aromatic heterocycles. The number of alkyl carbamates (subject to hydrolysis) is 1. The maximum atomic E-state index is 12.1. The Morgan fingerprint density at radius 2 is 1.96 bits per heavy atom. The maximum Gasteiger partial charge on any atom is 0.407 e. The summed E-state index contributed by atoms with van der Waals surface area (Å²) >= 11 is 0. The van der Waals surface area contributed by atoms with E-state index in [1.54, 1.807) is 6.92 Å². The molecule has 0 saturated heterocycles. The van der Waals surface area contributed by atoms with Gasteiger partial charge in [-0.25, -0.2) is 9.59 Å². The van der Waals surface area contributed by atoms with Gasteiger partial charge in [-0.3, -0.25) is 10.1 Å². The van der Waals surface area contributed by atoms with E-state index in [0.29, 0.717) is 5.56 Å². The molecule has 0 bridgehead atoms. The number of nitro groups is 1. The number of amides is 1. The molecule has 0 aliphatic rings. The lowest BCUT2D eigenvalue weighted by atomic mass is 9.99. The Hall–Kier alpha value is -2.84. The predicted molar refractivity (Wildman–Crippen MR) is 92.8 cm³/mol. The number of nitro benzene ring substituents is 1. The average molecular weight is 368 g/mol. The SMILES string of the molecule is CCOC(=O)[C@H](Cc1ccc(O)c([N+](=O)[O-])c1)NC(=O)OCC(C)(C)C. The Bertz CT molecular complexity index is 668. The molecule has 0 fully saturated rings. The first kappa shape index (κ1) is 21.2. The third kappa shape index (κ3) is 6.96. The van der Waals surface area contributed by atoms with Crippen molar-refractivity contribution >= 4 is 17.7 Å². The molecule has 0 saturated carbocycles. The van der Waals surface area contributed by atoms with Crippen LogP contribution in [-0.2, 0) is 20.7 Å². The van der Waals surface area contributed by atoms with Crippen LogP contribution in [0.25, 0.3) is 0 Å². The number of esters is 1. The highest BCUT2D eigenvalue weighted by Gasteiger charge is 2.25. The number of benzene rings is 1. The van der Waals surface area contributed by atoms with Crippen molar-refractivity contribution in [3.05, 3.63) is 33.9 Å². The van der Waals surface area contributed by atoms with Crippen LogP contribution in [0.4, 0.5) is 10.5 Å². The van der Waals surface area contributed by atoms with Crippen molar-refractivity contribution in [3.8, 4) is 5.75 Å². The lowest BCUT2D eigenvalue weighted by molar-refractivity contribution is -0.385. The van der Waals surface area contributed by atoms with E-state index in [2.05, 4.69) is 5.32 Å². The molecule has 1 amide bonds. The number of hydrogen-bond acceptors (Lipinski definition) is 7. The summed E-state index contributed by atoms with van der Waals surface area (Å²) in [6.45, 7) is 7.55. The molecule has 144 valence electrons. The van der Waals surface area contributed by atoms with E-state index in [0.717, 1.165) is 12.1 Å². The number of aromatic hydroxyl groups is 1. The van der Waals surface area contributed by atoms with Gasteiger partial charge >= 0.3 is 17.7 Å². The highest BCUT2D eigenvalue weighted by Crippen LogP contribution is 2.26.